The van der Waals surface area contributed by atoms with Gasteiger partial charge in [-0.15, -0.1) is 0 Å². The molecule has 0 fully saturated rings. The molecule has 1 aromatic heterocycles. The molecule has 0 bridgehead atoms. The Balaban J connectivity index is 1.79. The molecule has 1 heterocycles. The Morgan fingerprint density at radius 1 is 1.41 bits per heavy atom. The van der Waals surface area contributed by atoms with Crippen molar-refractivity contribution in [2.45, 2.75) is 26.4 Å². The van der Waals surface area contributed by atoms with Crippen LogP contribution in [-0.2, 0) is 22.6 Å². The van der Waals surface area contributed by atoms with Gasteiger partial charge in [0.05, 0.1) is 5.56 Å². The first kappa shape index (κ1) is 15.5. The Bertz CT molecular complexity index is 675. The van der Waals surface area contributed by atoms with Crippen LogP contribution in [0, 0.1) is 11.3 Å². The largest absolute Gasteiger partial charge is 0.481 e. The van der Waals surface area contributed by atoms with Crippen molar-refractivity contribution in [3.05, 3.63) is 41.5 Å². The maximum atomic E-state index is 11.6. The Morgan fingerprint density at radius 3 is 3.00 bits per heavy atom. The van der Waals surface area contributed by atoms with E-state index in [0.29, 0.717) is 23.6 Å². The molecule has 0 saturated heterocycles. The smallest absolute Gasteiger partial charge is 0.344 e. The minimum absolute atomic E-state index is 0.0984. The SMILES string of the molecule is CCCc1noc(COC(=O)COc2ccccc2C#N)n1. The molecule has 0 aliphatic carbocycles. The molecule has 0 unspecified atom stereocenters. The maximum absolute atomic E-state index is 11.6. The van der Waals surface area contributed by atoms with Crippen LogP contribution in [0.2, 0.25) is 0 Å². The van der Waals surface area contributed by atoms with Crippen LogP contribution in [0.3, 0.4) is 0 Å². The number of hydrogen-bond donors (Lipinski definition) is 0. The number of ether oxygens (including phenoxy) is 2. The van der Waals surface area contributed by atoms with E-state index in [1.165, 1.54) is 0 Å². The fourth-order valence-corrected chi connectivity index (χ4v) is 1.68. The number of para-hydroxylation sites is 1. The minimum atomic E-state index is -0.581. The minimum Gasteiger partial charge on any atom is -0.481 e. The zero-order valence-electron chi connectivity index (χ0n) is 12.1. The van der Waals surface area contributed by atoms with Crippen molar-refractivity contribution in [2.75, 3.05) is 6.61 Å². The van der Waals surface area contributed by atoms with Crippen molar-refractivity contribution in [2.24, 2.45) is 0 Å². The number of esters is 1. The van der Waals surface area contributed by atoms with E-state index < -0.39 is 5.97 Å². The molecule has 7 heteroatoms. The van der Waals surface area contributed by atoms with E-state index in [2.05, 4.69) is 10.1 Å². The number of benzene rings is 1. The standard InChI is InChI=1S/C15H15N3O4/c1-2-5-13-17-14(22-18-13)9-21-15(19)10-20-12-7-4-3-6-11(12)8-16/h3-4,6-7H,2,5,9-10H2,1H3. The number of rotatable bonds is 7. The predicted molar refractivity (Wildman–Crippen MR) is 74.7 cm³/mol. The van der Waals surface area contributed by atoms with Gasteiger partial charge in [0.25, 0.3) is 5.89 Å². The van der Waals surface area contributed by atoms with Gasteiger partial charge in [0.1, 0.15) is 11.8 Å². The van der Waals surface area contributed by atoms with Crippen molar-refractivity contribution in [3.63, 3.8) is 0 Å². The van der Waals surface area contributed by atoms with E-state index in [1.54, 1.807) is 24.3 Å². The van der Waals surface area contributed by atoms with Crippen LogP contribution in [0.1, 0.15) is 30.6 Å². The highest BCUT2D eigenvalue weighted by Crippen LogP contribution is 2.16. The molecule has 0 aliphatic heterocycles. The van der Waals surface area contributed by atoms with Crippen molar-refractivity contribution in [3.8, 4) is 11.8 Å². The Hall–Kier alpha value is -2.88. The summed E-state index contributed by atoms with van der Waals surface area (Å²) in [6, 6.07) is 8.63. The van der Waals surface area contributed by atoms with Gasteiger partial charge in [0.2, 0.25) is 0 Å². The van der Waals surface area contributed by atoms with Crippen LogP contribution in [0.4, 0.5) is 0 Å². The lowest BCUT2D eigenvalue weighted by atomic mass is 10.2. The van der Waals surface area contributed by atoms with Crippen molar-refractivity contribution < 1.29 is 18.8 Å². The van der Waals surface area contributed by atoms with E-state index >= 15 is 0 Å². The highest BCUT2D eigenvalue weighted by molar-refractivity contribution is 5.71. The first-order valence-corrected chi connectivity index (χ1v) is 6.82. The molecule has 0 radical (unpaired) electrons. The molecule has 0 saturated carbocycles. The van der Waals surface area contributed by atoms with Crippen LogP contribution in [0.15, 0.2) is 28.8 Å². The molecule has 2 aromatic rings. The Morgan fingerprint density at radius 2 is 2.23 bits per heavy atom. The van der Waals surface area contributed by atoms with E-state index in [-0.39, 0.29) is 19.1 Å². The molecular formula is C15H15N3O4. The van der Waals surface area contributed by atoms with Crippen LogP contribution >= 0.6 is 0 Å². The predicted octanol–water partition coefficient (Wildman–Crippen LogP) is 2.02. The number of nitrogens with zero attached hydrogens (tertiary/aromatic N) is 3. The molecule has 114 valence electrons. The van der Waals surface area contributed by atoms with Crippen LogP contribution < -0.4 is 4.74 Å². The quantitative estimate of drug-likeness (QED) is 0.721. The van der Waals surface area contributed by atoms with Gasteiger partial charge in [-0.25, -0.2) is 4.79 Å². The molecule has 0 N–H and O–H groups in total. The van der Waals surface area contributed by atoms with Gasteiger partial charge in [0, 0.05) is 6.42 Å². The molecule has 2 rings (SSSR count). The zero-order chi connectivity index (χ0) is 15.8. The fraction of sp³-hybridized carbons (Fsp3) is 0.333. The van der Waals surface area contributed by atoms with Gasteiger partial charge < -0.3 is 14.0 Å². The molecular weight excluding hydrogens is 286 g/mol. The Labute approximate surface area is 127 Å². The second kappa shape index (κ2) is 7.78. The fourth-order valence-electron chi connectivity index (χ4n) is 1.68. The number of carbonyl (C=O) groups excluding carboxylic acids is 1. The van der Waals surface area contributed by atoms with Crippen molar-refractivity contribution >= 4 is 5.97 Å². The van der Waals surface area contributed by atoms with Crippen LogP contribution in [-0.4, -0.2) is 22.7 Å². The molecule has 0 aliphatic rings. The molecule has 0 spiro atoms. The maximum Gasteiger partial charge on any atom is 0.344 e. The topological polar surface area (TPSA) is 98.2 Å². The molecule has 0 atom stereocenters. The van der Waals surface area contributed by atoms with Gasteiger partial charge in [-0.05, 0) is 18.6 Å². The van der Waals surface area contributed by atoms with E-state index in [9.17, 15) is 4.79 Å². The number of aryl methyl sites for hydroxylation is 1. The monoisotopic (exact) mass is 301 g/mol. The summed E-state index contributed by atoms with van der Waals surface area (Å²) in [5, 5.41) is 12.7. The average molecular weight is 301 g/mol. The van der Waals surface area contributed by atoms with Crippen molar-refractivity contribution in [1.29, 1.82) is 5.26 Å². The summed E-state index contributed by atoms with van der Waals surface area (Å²) in [5.74, 6) is 0.593. The van der Waals surface area contributed by atoms with Crippen LogP contribution in [0.25, 0.3) is 0 Å². The highest BCUT2D eigenvalue weighted by Gasteiger charge is 2.11. The lowest BCUT2D eigenvalue weighted by Crippen LogP contribution is -2.15. The van der Waals surface area contributed by atoms with E-state index in [4.69, 9.17) is 19.3 Å². The second-order valence-electron chi connectivity index (χ2n) is 4.41. The summed E-state index contributed by atoms with van der Waals surface area (Å²) in [6.07, 6.45) is 1.62. The first-order chi connectivity index (χ1) is 10.7. The highest BCUT2D eigenvalue weighted by atomic mass is 16.6. The van der Waals surface area contributed by atoms with Gasteiger partial charge in [-0.2, -0.15) is 10.2 Å². The third-order valence-corrected chi connectivity index (χ3v) is 2.69. The second-order valence-corrected chi connectivity index (χ2v) is 4.41. The third kappa shape index (κ3) is 4.31. The summed E-state index contributed by atoms with van der Waals surface area (Å²) in [4.78, 5) is 15.7. The summed E-state index contributed by atoms with van der Waals surface area (Å²) in [6.45, 7) is 1.61. The summed E-state index contributed by atoms with van der Waals surface area (Å²) >= 11 is 0. The number of hydrogen-bond acceptors (Lipinski definition) is 7. The third-order valence-electron chi connectivity index (χ3n) is 2.69. The van der Waals surface area contributed by atoms with Crippen LogP contribution in [0.5, 0.6) is 5.75 Å². The molecule has 0 amide bonds. The Kier molecular flexibility index (Phi) is 5.49. The summed E-state index contributed by atoms with van der Waals surface area (Å²) in [5.41, 5.74) is 0.358. The lowest BCUT2D eigenvalue weighted by Gasteiger charge is -2.06. The average Bonchev–Trinajstić information content (AvgIpc) is 2.99. The van der Waals surface area contributed by atoms with Crippen molar-refractivity contribution in [1.82, 2.24) is 10.1 Å². The van der Waals surface area contributed by atoms with E-state index in [1.807, 2.05) is 13.0 Å². The summed E-state index contributed by atoms with van der Waals surface area (Å²) < 4.78 is 15.2. The van der Waals surface area contributed by atoms with Gasteiger partial charge in [0.15, 0.2) is 19.0 Å². The number of aromatic nitrogens is 2. The number of carbonyl (C=O) groups is 1. The van der Waals surface area contributed by atoms with Gasteiger partial charge in [-0.1, -0.05) is 24.2 Å². The molecule has 1 aromatic carbocycles. The normalized spacial score (nSPS) is 10.0. The van der Waals surface area contributed by atoms with Gasteiger partial charge >= 0.3 is 5.97 Å². The molecule has 7 nitrogen and oxygen atoms in total. The lowest BCUT2D eigenvalue weighted by molar-refractivity contribution is -0.148. The first-order valence-electron chi connectivity index (χ1n) is 6.82. The van der Waals surface area contributed by atoms with E-state index in [0.717, 1.165) is 6.42 Å². The summed E-state index contributed by atoms with van der Waals surface area (Å²) in [7, 11) is 0. The van der Waals surface area contributed by atoms with Gasteiger partial charge in [-0.3, -0.25) is 0 Å². The zero-order valence-corrected chi connectivity index (χ0v) is 12.1. The molecule has 22 heavy (non-hydrogen) atoms. The number of nitriles is 1.